The van der Waals surface area contributed by atoms with Crippen LogP contribution in [0.1, 0.15) is 21.7 Å². The Bertz CT molecular complexity index is 600. The van der Waals surface area contributed by atoms with Gasteiger partial charge >= 0.3 is 0 Å². The Morgan fingerprint density at radius 2 is 2.17 bits per heavy atom. The van der Waals surface area contributed by atoms with E-state index in [9.17, 15) is 4.79 Å². The fourth-order valence-corrected chi connectivity index (χ4v) is 1.75. The molecule has 18 heavy (non-hydrogen) atoms. The van der Waals surface area contributed by atoms with Crippen molar-refractivity contribution in [2.24, 2.45) is 5.73 Å². The molecule has 0 saturated heterocycles. The van der Waals surface area contributed by atoms with Crippen molar-refractivity contribution in [2.45, 2.75) is 6.42 Å². The summed E-state index contributed by atoms with van der Waals surface area (Å²) in [5, 5.41) is 0.647. The molecule has 0 spiro atoms. The summed E-state index contributed by atoms with van der Waals surface area (Å²) in [6.07, 6.45) is 1.83. The number of amides is 1. The molecule has 4 N–H and O–H groups in total. The highest BCUT2D eigenvalue weighted by atomic mass is 35.5. The van der Waals surface area contributed by atoms with Gasteiger partial charge in [-0.25, -0.2) is 9.97 Å². The summed E-state index contributed by atoms with van der Waals surface area (Å²) in [5.74, 6) is -0.0314. The van der Waals surface area contributed by atoms with E-state index in [1.165, 1.54) is 6.20 Å². The monoisotopic (exact) mass is 262 g/mol. The predicted octanol–water partition coefficient (Wildman–Crippen LogP) is 1.40. The number of halogens is 1. The molecule has 0 bridgehead atoms. The Kier molecular flexibility index (Phi) is 3.43. The maximum Gasteiger partial charge on any atom is 0.254 e. The van der Waals surface area contributed by atoms with Crippen LogP contribution in [0.25, 0.3) is 0 Å². The van der Waals surface area contributed by atoms with Crippen LogP contribution >= 0.6 is 11.6 Å². The standard InChI is InChI=1S/C12H11ClN4O/c13-8-3-1-2-7(4-8)5-10-16-6-9(12(15)18)11(14)17-10/h1-4,6H,5H2,(H2,15,18)(H2,14,16,17). The highest BCUT2D eigenvalue weighted by Crippen LogP contribution is 2.14. The van der Waals surface area contributed by atoms with E-state index < -0.39 is 5.91 Å². The van der Waals surface area contributed by atoms with E-state index in [4.69, 9.17) is 23.1 Å². The molecule has 0 unspecified atom stereocenters. The van der Waals surface area contributed by atoms with Crippen LogP contribution in [-0.2, 0) is 6.42 Å². The number of carbonyl (C=O) groups is 1. The van der Waals surface area contributed by atoms with E-state index >= 15 is 0 Å². The van der Waals surface area contributed by atoms with Crippen molar-refractivity contribution in [3.05, 3.63) is 52.4 Å². The van der Waals surface area contributed by atoms with Gasteiger partial charge < -0.3 is 11.5 Å². The molecule has 6 heteroatoms. The maximum absolute atomic E-state index is 11.0. The number of aromatic nitrogens is 2. The van der Waals surface area contributed by atoms with Crippen LogP contribution in [0.2, 0.25) is 5.02 Å². The normalized spacial score (nSPS) is 10.3. The van der Waals surface area contributed by atoms with Crippen LogP contribution in [0, 0.1) is 0 Å². The minimum Gasteiger partial charge on any atom is -0.383 e. The summed E-state index contributed by atoms with van der Waals surface area (Å²) in [7, 11) is 0. The number of hydrogen-bond donors (Lipinski definition) is 2. The van der Waals surface area contributed by atoms with Crippen molar-refractivity contribution >= 4 is 23.3 Å². The lowest BCUT2D eigenvalue weighted by molar-refractivity contribution is 0.100. The van der Waals surface area contributed by atoms with Gasteiger partial charge in [0.1, 0.15) is 11.6 Å². The molecule has 92 valence electrons. The van der Waals surface area contributed by atoms with Gasteiger partial charge in [-0.15, -0.1) is 0 Å². The van der Waals surface area contributed by atoms with Crippen LogP contribution in [0.5, 0.6) is 0 Å². The molecular formula is C12H11ClN4O. The lowest BCUT2D eigenvalue weighted by Crippen LogP contribution is -2.16. The Morgan fingerprint density at radius 3 is 2.78 bits per heavy atom. The smallest absolute Gasteiger partial charge is 0.254 e. The first-order valence-corrected chi connectivity index (χ1v) is 5.59. The number of nitrogens with two attached hydrogens (primary N) is 2. The van der Waals surface area contributed by atoms with E-state index in [1.54, 1.807) is 6.07 Å². The Morgan fingerprint density at radius 1 is 1.39 bits per heavy atom. The second kappa shape index (κ2) is 5.01. The van der Waals surface area contributed by atoms with Gasteiger partial charge in [0.15, 0.2) is 0 Å². The highest BCUT2D eigenvalue weighted by Gasteiger charge is 2.09. The Hall–Kier alpha value is -2.14. The largest absolute Gasteiger partial charge is 0.383 e. The molecule has 1 aromatic heterocycles. The molecule has 0 radical (unpaired) electrons. The van der Waals surface area contributed by atoms with Crippen molar-refractivity contribution in [3.8, 4) is 0 Å². The second-order valence-corrected chi connectivity index (χ2v) is 4.19. The molecule has 1 heterocycles. The van der Waals surface area contributed by atoms with Gasteiger partial charge in [-0.05, 0) is 17.7 Å². The third-order valence-corrected chi connectivity index (χ3v) is 2.62. The molecule has 5 nitrogen and oxygen atoms in total. The Labute approximate surface area is 109 Å². The molecule has 2 rings (SSSR count). The first kappa shape index (κ1) is 12.3. The quantitative estimate of drug-likeness (QED) is 0.874. The molecular weight excluding hydrogens is 252 g/mol. The minimum absolute atomic E-state index is 0.0922. The molecule has 0 aliphatic rings. The van der Waals surface area contributed by atoms with Crippen LogP contribution in [-0.4, -0.2) is 15.9 Å². The van der Waals surface area contributed by atoms with Crippen molar-refractivity contribution in [3.63, 3.8) is 0 Å². The molecule has 2 aromatic rings. The molecule has 0 fully saturated rings. The summed E-state index contributed by atoms with van der Waals surface area (Å²) in [4.78, 5) is 19.1. The predicted molar refractivity (Wildman–Crippen MR) is 69.2 cm³/mol. The van der Waals surface area contributed by atoms with Gasteiger partial charge in [0, 0.05) is 17.6 Å². The SMILES string of the molecule is NC(=O)c1cnc(Cc2cccc(Cl)c2)nc1N. The number of hydrogen-bond acceptors (Lipinski definition) is 4. The number of benzene rings is 1. The molecule has 0 aliphatic carbocycles. The van der Waals surface area contributed by atoms with E-state index in [-0.39, 0.29) is 11.4 Å². The van der Waals surface area contributed by atoms with Gasteiger partial charge in [-0.3, -0.25) is 4.79 Å². The van der Waals surface area contributed by atoms with Crippen molar-refractivity contribution in [1.29, 1.82) is 0 Å². The van der Waals surface area contributed by atoms with Crippen molar-refractivity contribution in [2.75, 3.05) is 5.73 Å². The Balaban J connectivity index is 2.25. The van der Waals surface area contributed by atoms with Gasteiger partial charge in [0.25, 0.3) is 5.91 Å². The van der Waals surface area contributed by atoms with E-state index in [0.717, 1.165) is 5.56 Å². The van der Waals surface area contributed by atoms with E-state index in [2.05, 4.69) is 9.97 Å². The fraction of sp³-hybridized carbons (Fsp3) is 0.0833. The molecule has 1 aromatic carbocycles. The zero-order chi connectivity index (χ0) is 13.1. The van der Waals surface area contributed by atoms with Crippen LogP contribution < -0.4 is 11.5 Å². The summed E-state index contributed by atoms with van der Waals surface area (Å²) in [5.41, 5.74) is 11.8. The highest BCUT2D eigenvalue weighted by molar-refractivity contribution is 6.30. The summed E-state index contributed by atoms with van der Waals surface area (Å²) < 4.78 is 0. The van der Waals surface area contributed by atoms with Crippen LogP contribution in [0.4, 0.5) is 5.82 Å². The minimum atomic E-state index is -0.637. The summed E-state index contributed by atoms with van der Waals surface area (Å²) >= 11 is 5.88. The lowest BCUT2D eigenvalue weighted by atomic mass is 10.1. The number of anilines is 1. The number of nitrogen functional groups attached to an aromatic ring is 1. The molecule has 0 aliphatic heterocycles. The summed E-state index contributed by atoms with van der Waals surface area (Å²) in [6.45, 7) is 0. The van der Waals surface area contributed by atoms with Crippen LogP contribution in [0.15, 0.2) is 30.5 Å². The number of primary amides is 1. The third-order valence-electron chi connectivity index (χ3n) is 2.38. The molecule has 0 saturated carbocycles. The topological polar surface area (TPSA) is 94.9 Å². The summed E-state index contributed by atoms with van der Waals surface area (Å²) in [6, 6.07) is 7.37. The van der Waals surface area contributed by atoms with Gasteiger partial charge in [0.2, 0.25) is 0 Å². The van der Waals surface area contributed by atoms with Gasteiger partial charge in [-0.2, -0.15) is 0 Å². The van der Waals surface area contributed by atoms with Crippen molar-refractivity contribution < 1.29 is 4.79 Å². The third kappa shape index (κ3) is 2.75. The van der Waals surface area contributed by atoms with E-state index in [1.807, 2.05) is 18.2 Å². The lowest BCUT2D eigenvalue weighted by Gasteiger charge is -2.04. The van der Waals surface area contributed by atoms with E-state index in [0.29, 0.717) is 17.3 Å². The zero-order valence-corrected chi connectivity index (χ0v) is 10.2. The van der Waals surface area contributed by atoms with Crippen molar-refractivity contribution in [1.82, 2.24) is 9.97 Å². The maximum atomic E-state index is 11.0. The second-order valence-electron chi connectivity index (χ2n) is 3.76. The number of nitrogens with zero attached hydrogens (tertiary/aromatic N) is 2. The molecule has 1 amide bonds. The number of rotatable bonds is 3. The average molecular weight is 263 g/mol. The van der Waals surface area contributed by atoms with Crippen LogP contribution in [0.3, 0.4) is 0 Å². The zero-order valence-electron chi connectivity index (χ0n) is 9.43. The fourth-order valence-electron chi connectivity index (χ4n) is 1.54. The van der Waals surface area contributed by atoms with Gasteiger partial charge in [0.05, 0.1) is 5.56 Å². The molecule has 0 atom stereocenters. The van der Waals surface area contributed by atoms with Gasteiger partial charge in [-0.1, -0.05) is 23.7 Å². The first-order valence-electron chi connectivity index (χ1n) is 5.22. The average Bonchev–Trinajstić information content (AvgIpc) is 2.28. The first-order chi connectivity index (χ1) is 8.56. The number of carbonyl (C=O) groups excluding carboxylic acids is 1.